The molecule has 0 saturated carbocycles. The van der Waals surface area contributed by atoms with Crippen LogP contribution in [0.25, 0.3) is 0 Å². The van der Waals surface area contributed by atoms with Gasteiger partial charge in [-0.05, 0) is 26.0 Å². The summed E-state index contributed by atoms with van der Waals surface area (Å²) in [7, 11) is 0. The van der Waals surface area contributed by atoms with Crippen LogP contribution in [-0.4, -0.2) is 18.8 Å². The Kier molecular flexibility index (Phi) is 4.09. The number of hydrogen-bond donors (Lipinski definition) is 2. The number of nitrogens with two attached hydrogens (primary N) is 1. The zero-order valence-electron chi connectivity index (χ0n) is 9.64. The third-order valence-electron chi connectivity index (χ3n) is 1.91. The lowest BCUT2D eigenvalue weighted by molar-refractivity contribution is -0.115. The van der Waals surface area contributed by atoms with Crippen LogP contribution < -0.4 is 15.8 Å². The number of benzene rings is 1. The van der Waals surface area contributed by atoms with Crippen LogP contribution in [0.3, 0.4) is 0 Å². The highest BCUT2D eigenvalue weighted by molar-refractivity contribution is 5.72. The van der Waals surface area contributed by atoms with Gasteiger partial charge in [0.2, 0.25) is 0 Å². The van der Waals surface area contributed by atoms with Gasteiger partial charge in [0.15, 0.2) is 0 Å². The average Bonchev–Trinajstić information content (AvgIpc) is 2.17. The number of nitrogen functional groups attached to an aromatic ring is 1. The van der Waals surface area contributed by atoms with Gasteiger partial charge in [-0.15, -0.1) is 0 Å². The SMILES string of the molecule is CC(C)Oc1cccc(NCC(F)(F)F)c1N. The molecule has 0 atom stereocenters. The maximum atomic E-state index is 12.0. The second-order valence-corrected chi connectivity index (χ2v) is 3.85. The minimum absolute atomic E-state index is 0.0878. The van der Waals surface area contributed by atoms with E-state index in [1.807, 2.05) is 13.8 Å². The van der Waals surface area contributed by atoms with E-state index in [9.17, 15) is 13.2 Å². The van der Waals surface area contributed by atoms with Crippen molar-refractivity contribution in [2.75, 3.05) is 17.6 Å². The molecule has 3 N–H and O–H groups in total. The summed E-state index contributed by atoms with van der Waals surface area (Å²) in [5, 5.41) is 2.24. The van der Waals surface area contributed by atoms with Crippen LogP contribution in [0, 0.1) is 0 Å². The Hall–Kier alpha value is -1.59. The van der Waals surface area contributed by atoms with Gasteiger partial charge < -0.3 is 15.8 Å². The van der Waals surface area contributed by atoms with E-state index >= 15 is 0 Å². The van der Waals surface area contributed by atoms with E-state index in [-0.39, 0.29) is 17.5 Å². The number of alkyl halides is 3. The van der Waals surface area contributed by atoms with E-state index in [2.05, 4.69) is 5.32 Å². The summed E-state index contributed by atoms with van der Waals surface area (Å²) in [6.45, 7) is 2.51. The van der Waals surface area contributed by atoms with Crippen LogP contribution in [0.1, 0.15) is 13.8 Å². The van der Waals surface area contributed by atoms with Gasteiger partial charge in [0.25, 0.3) is 0 Å². The molecule has 1 aromatic carbocycles. The first-order valence-corrected chi connectivity index (χ1v) is 5.15. The highest BCUT2D eigenvalue weighted by Gasteiger charge is 2.27. The average molecular weight is 248 g/mol. The molecule has 0 amide bonds. The molecule has 1 aromatic rings. The predicted molar refractivity (Wildman–Crippen MR) is 61.2 cm³/mol. The molecule has 0 saturated heterocycles. The molecule has 0 aliphatic heterocycles. The molecule has 6 heteroatoms. The van der Waals surface area contributed by atoms with Crippen molar-refractivity contribution in [1.82, 2.24) is 0 Å². The van der Waals surface area contributed by atoms with Crippen molar-refractivity contribution in [3.8, 4) is 5.75 Å². The molecule has 0 aliphatic rings. The second kappa shape index (κ2) is 5.16. The van der Waals surface area contributed by atoms with Crippen LogP contribution >= 0.6 is 0 Å². The van der Waals surface area contributed by atoms with E-state index in [4.69, 9.17) is 10.5 Å². The first kappa shape index (κ1) is 13.5. The maximum Gasteiger partial charge on any atom is 0.405 e. The first-order valence-electron chi connectivity index (χ1n) is 5.15. The van der Waals surface area contributed by atoms with Crippen molar-refractivity contribution in [3.63, 3.8) is 0 Å². The van der Waals surface area contributed by atoms with Gasteiger partial charge in [0.05, 0.1) is 17.5 Å². The summed E-state index contributed by atoms with van der Waals surface area (Å²) in [4.78, 5) is 0. The molecule has 96 valence electrons. The fourth-order valence-corrected chi connectivity index (χ4v) is 1.25. The number of ether oxygens (including phenoxy) is 1. The Labute approximate surface area is 97.8 Å². The van der Waals surface area contributed by atoms with Gasteiger partial charge in [-0.1, -0.05) is 6.07 Å². The number of anilines is 2. The molecular formula is C11H15F3N2O. The molecule has 0 bridgehead atoms. The van der Waals surface area contributed by atoms with E-state index in [0.717, 1.165) is 0 Å². The quantitative estimate of drug-likeness (QED) is 0.805. The minimum atomic E-state index is -4.28. The Morgan fingerprint density at radius 1 is 1.35 bits per heavy atom. The number of para-hydroxylation sites is 1. The van der Waals surface area contributed by atoms with E-state index in [0.29, 0.717) is 5.75 Å². The van der Waals surface area contributed by atoms with Gasteiger partial charge in [-0.3, -0.25) is 0 Å². The highest BCUT2D eigenvalue weighted by Crippen LogP contribution is 2.30. The van der Waals surface area contributed by atoms with Crippen LogP contribution in [-0.2, 0) is 0 Å². The summed E-state index contributed by atoms with van der Waals surface area (Å²) < 4.78 is 41.5. The molecule has 0 unspecified atom stereocenters. The van der Waals surface area contributed by atoms with Gasteiger partial charge in [-0.25, -0.2) is 0 Å². The maximum absolute atomic E-state index is 12.0. The van der Waals surface area contributed by atoms with Gasteiger partial charge in [0, 0.05) is 0 Å². The zero-order valence-corrected chi connectivity index (χ0v) is 9.64. The van der Waals surface area contributed by atoms with Crippen LogP contribution in [0.15, 0.2) is 18.2 Å². The molecule has 0 heterocycles. The summed E-state index contributed by atoms with van der Waals surface area (Å²) in [6.07, 6.45) is -4.36. The zero-order chi connectivity index (χ0) is 13.1. The van der Waals surface area contributed by atoms with Gasteiger partial charge in [-0.2, -0.15) is 13.2 Å². The standard InChI is InChI=1S/C11H15F3N2O/c1-7(2)17-9-5-3-4-8(10(9)15)16-6-11(12,13)14/h3-5,7,16H,6,15H2,1-2H3. The lowest BCUT2D eigenvalue weighted by atomic mass is 10.2. The van der Waals surface area contributed by atoms with E-state index < -0.39 is 12.7 Å². The lowest BCUT2D eigenvalue weighted by Crippen LogP contribution is -2.22. The van der Waals surface area contributed by atoms with E-state index in [1.165, 1.54) is 6.07 Å². The molecule has 3 nitrogen and oxygen atoms in total. The smallest absolute Gasteiger partial charge is 0.405 e. The second-order valence-electron chi connectivity index (χ2n) is 3.85. The van der Waals surface area contributed by atoms with Gasteiger partial charge >= 0.3 is 6.18 Å². The van der Waals surface area contributed by atoms with Crippen molar-refractivity contribution in [2.24, 2.45) is 0 Å². The fourth-order valence-electron chi connectivity index (χ4n) is 1.25. The molecule has 0 fully saturated rings. The highest BCUT2D eigenvalue weighted by atomic mass is 19.4. The third kappa shape index (κ3) is 4.42. The molecule has 1 rings (SSSR count). The van der Waals surface area contributed by atoms with Crippen molar-refractivity contribution in [1.29, 1.82) is 0 Å². The Morgan fingerprint density at radius 3 is 2.53 bits per heavy atom. The minimum Gasteiger partial charge on any atom is -0.489 e. The third-order valence-corrected chi connectivity index (χ3v) is 1.91. The number of halogens is 3. The van der Waals surface area contributed by atoms with E-state index in [1.54, 1.807) is 12.1 Å². The van der Waals surface area contributed by atoms with Crippen LogP contribution in [0.4, 0.5) is 24.5 Å². The molecule has 0 radical (unpaired) electrons. The summed E-state index contributed by atoms with van der Waals surface area (Å²) in [5.41, 5.74) is 6.11. The monoisotopic (exact) mass is 248 g/mol. The molecule has 0 aliphatic carbocycles. The molecule has 0 spiro atoms. The van der Waals surface area contributed by atoms with Crippen molar-refractivity contribution >= 4 is 11.4 Å². The number of rotatable bonds is 4. The summed E-state index contributed by atoms with van der Waals surface area (Å²) >= 11 is 0. The largest absolute Gasteiger partial charge is 0.489 e. The normalized spacial score (nSPS) is 11.6. The molecular weight excluding hydrogens is 233 g/mol. The molecule has 17 heavy (non-hydrogen) atoms. The number of hydrogen-bond acceptors (Lipinski definition) is 3. The lowest BCUT2D eigenvalue weighted by Gasteiger charge is -2.16. The van der Waals surface area contributed by atoms with Crippen molar-refractivity contribution in [3.05, 3.63) is 18.2 Å². The topological polar surface area (TPSA) is 47.3 Å². The Balaban J connectivity index is 2.80. The fraction of sp³-hybridized carbons (Fsp3) is 0.455. The van der Waals surface area contributed by atoms with Crippen LogP contribution in [0.2, 0.25) is 0 Å². The van der Waals surface area contributed by atoms with Crippen LogP contribution in [0.5, 0.6) is 5.75 Å². The molecule has 0 aromatic heterocycles. The number of nitrogens with one attached hydrogen (secondary N) is 1. The van der Waals surface area contributed by atoms with Gasteiger partial charge in [0.1, 0.15) is 12.3 Å². The Bertz CT molecular complexity index is 377. The Morgan fingerprint density at radius 2 is 2.00 bits per heavy atom. The summed E-state index contributed by atoms with van der Waals surface area (Å²) in [6, 6.07) is 4.69. The van der Waals surface area contributed by atoms with Crippen molar-refractivity contribution < 1.29 is 17.9 Å². The first-order chi connectivity index (χ1) is 7.79. The van der Waals surface area contributed by atoms with Crippen molar-refractivity contribution in [2.45, 2.75) is 26.1 Å². The predicted octanol–water partition coefficient (Wildman–Crippen LogP) is 3.03. The summed E-state index contributed by atoms with van der Waals surface area (Å²) in [5.74, 6) is 0.382.